The van der Waals surface area contributed by atoms with Gasteiger partial charge in [-0.3, -0.25) is 9.69 Å². The Labute approximate surface area is 170 Å². The van der Waals surface area contributed by atoms with Crippen LogP contribution in [0.1, 0.15) is 23.2 Å². The average Bonchev–Trinajstić information content (AvgIpc) is 3.34. The van der Waals surface area contributed by atoms with Crippen LogP contribution in [0.2, 0.25) is 0 Å². The maximum atomic E-state index is 13.2. The predicted octanol–water partition coefficient (Wildman–Crippen LogP) is 4.89. The van der Waals surface area contributed by atoms with Gasteiger partial charge < -0.3 is 9.47 Å². The minimum Gasteiger partial charge on any atom is -0.497 e. The minimum absolute atomic E-state index is 0.0472. The van der Waals surface area contributed by atoms with Gasteiger partial charge in [-0.15, -0.1) is 0 Å². The van der Waals surface area contributed by atoms with Crippen LogP contribution < -0.4 is 9.64 Å². The third-order valence-corrected chi connectivity index (χ3v) is 6.13. The summed E-state index contributed by atoms with van der Waals surface area (Å²) in [5.41, 5.74) is 1.49. The maximum absolute atomic E-state index is 13.2. The van der Waals surface area contributed by atoms with E-state index in [0.717, 1.165) is 39.9 Å². The van der Waals surface area contributed by atoms with Crippen LogP contribution in [0.25, 0.3) is 10.2 Å². The Balaban J connectivity index is 1.70. The molecule has 1 unspecified atom stereocenters. The van der Waals surface area contributed by atoms with E-state index in [1.54, 1.807) is 12.0 Å². The average molecular weight is 447 g/mol. The molecule has 0 N–H and O–H groups in total. The Morgan fingerprint density at radius 3 is 2.85 bits per heavy atom. The molecule has 1 aromatic heterocycles. The molecule has 7 heteroatoms. The summed E-state index contributed by atoms with van der Waals surface area (Å²) in [6.07, 6.45) is 2.04. The SMILES string of the molecule is COc1ccc2nc(N(CC3CCCO3)C(=O)c3ccc(Br)cc3)sc2c1. The lowest BCUT2D eigenvalue weighted by Gasteiger charge is -2.23. The molecule has 4 rings (SSSR count). The number of hydrogen-bond donors (Lipinski definition) is 0. The Kier molecular flexibility index (Phi) is 5.43. The van der Waals surface area contributed by atoms with Crippen molar-refractivity contribution in [2.75, 3.05) is 25.2 Å². The van der Waals surface area contributed by atoms with Gasteiger partial charge in [0.25, 0.3) is 5.91 Å². The summed E-state index contributed by atoms with van der Waals surface area (Å²) in [6.45, 7) is 1.26. The summed E-state index contributed by atoms with van der Waals surface area (Å²) in [4.78, 5) is 19.7. The van der Waals surface area contributed by atoms with Crippen molar-refractivity contribution in [3.05, 3.63) is 52.5 Å². The third-order valence-electron chi connectivity index (χ3n) is 4.56. The van der Waals surface area contributed by atoms with E-state index in [2.05, 4.69) is 15.9 Å². The number of benzene rings is 2. The first-order valence-electron chi connectivity index (χ1n) is 8.77. The first kappa shape index (κ1) is 18.4. The molecule has 140 valence electrons. The summed E-state index contributed by atoms with van der Waals surface area (Å²) < 4.78 is 13.0. The Morgan fingerprint density at radius 2 is 2.15 bits per heavy atom. The molecule has 1 aliphatic rings. The maximum Gasteiger partial charge on any atom is 0.260 e. The van der Waals surface area contributed by atoms with Crippen LogP contribution in [-0.4, -0.2) is 37.3 Å². The van der Waals surface area contributed by atoms with E-state index in [1.807, 2.05) is 42.5 Å². The highest BCUT2D eigenvalue weighted by Gasteiger charge is 2.27. The fourth-order valence-electron chi connectivity index (χ4n) is 3.12. The molecule has 0 saturated carbocycles. The molecule has 1 fully saturated rings. The van der Waals surface area contributed by atoms with Gasteiger partial charge in [-0.1, -0.05) is 27.3 Å². The topological polar surface area (TPSA) is 51.7 Å². The largest absolute Gasteiger partial charge is 0.497 e. The number of fused-ring (bicyclic) bond motifs is 1. The Morgan fingerprint density at radius 1 is 1.33 bits per heavy atom. The lowest BCUT2D eigenvalue weighted by molar-refractivity contribution is 0.0917. The van der Waals surface area contributed by atoms with Gasteiger partial charge in [0, 0.05) is 16.6 Å². The summed E-state index contributed by atoms with van der Waals surface area (Å²) in [5.74, 6) is 0.714. The number of halogens is 1. The minimum atomic E-state index is -0.0657. The zero-order chi connectivity index (χ0) is 18.8. The van der Waals surface area contributed by atoms with Crippen molar-refractivity contribution in [3.8, 4) is 5.75 Å². The van der Waals surface area contributed by atoms with Crippen molar-refractivity contribution >= 4 is 48.5 Å². The smallest absolute Gasteiger partial charge is 0.260 e. The number of ether oxygens (including phenoxy) is 2. The van der Waals surface area contributed by atoms with E-state index in [9.17, 15) is 4.79 Å². The van der Waals surface area contributed by atoms with Gasteiger partial charge >= 0.3 is 0 Å². The van der Waals surface area contributed by atoms with Crippen LogP contribution in [-0.2, 0) is 4.74 Å². The van der Waals surface area contributed by atoms with Gasteiger partial charge in [-0.2, -0.15) is 0 Å². The number of thiazole rings is 1. The van der Waals surface area contributed by atoms with E-state index in [-0.39, 0.29) is 12.0 Å². The second-order valence-corrected chi connectivity index (χ2v) is 8.31. The molecule has 2 heterocycles. The molecule has 1 aliphatic heterocycles. The number of carbonyl (C=O) groups excluding carboxylic acids is 1. The Bertz CT molecular complexity index is 952. The number of hydrogen-bond acceptors (Lipinski definition) is 5. The second kappa shape index (κ2) is 7.96. The highest BCUT2D eigenvalue weighted by atomic mass is 79.9. The monoisotopic (exact) mass is 446 g/mol. The van der Waals surface area contributed by atoms with Crippen LogP contribution in [0.4, 0.5) is 5.13 Å². The van der Waals surface area contributed by atoms with Gasteiger partial charge in [0.1, 0.15) is 5.75 Å². The van der Waals surface area contributed by atoms with Gasteiger partial charge in [-0.05, 0) is 55.3 Å². The number of methoxy groups -OCH3 is 1. The second-order valence-electron chi connectivity index (χ2n) is 6.39. The molecule has 5 nitrogen and oxygen atoms in total. The van der Waals surface area contributed by atoms with Crippen molar-refractivity contribution < 1.29 is 14.3 Å². The number of aromatic nitrogens is 1. The molecule has 27 heavy (non-hydrogen) atoms. The van der Waals surface area contributed by atoms with E-state index in [0.29, 0.717) is 17.2 Å². The van der Waals surface area contributed by atoms with Crippen LogP contribution in [0, 0.1) is 0 Å². The number of nitrogens with zero attached hydrogens (tertiary/aromatic N) is 2. The van der Waals surface area contributed by atoms with Crippen LogP contribution in [0.5, 0.6) is 5.75 Å². The summed E-state index contributed by atoms with van der Waals surface area (Å²) in [6, 6.07) is 13.2. The third kappa shape index (κ3) is 4.00. The zero-order valence-electron chi connectivity index (χ0n) is 14.9. The first-order valence-corrected chi connectivity index (χ1v) is 10.4. The van der Waals surface area contributed by atoms with E-state index in [4.69, 9.17) is 14.5 Å². The van der Waals surface area contributed by atoms with Gasteiger partial charge in [-0.25, -0.2) is 4.98 Å². The number of carbonyl (C=O) groups is 1. The molecule has 0 aliphatic carbocycles. The molecule has 2 aromatic carbocycles. The lowest BCUT2D eigenvalue weighted by atomic mass is 10.2. The normalized spacial score (nSPS) is 16.6. The van der Waals surface area contributed by atoms with E-state index >= 15 is 0 Å². The van der Waals surface area contributed by atoms with Crippen molar-refractivity contribution in [3.63, 3.8) is 0 Å². The fourth-order valence-corrected chi connectivity index (χ4v) is 4.39. The highest BCUT2D eigenvalue weighted by molar-refractivity contribution is 9.10. The highest BCUT2D eigenvalue weighted by Crippen LogP contribution is 2.33. The zero-order valence-corrected chi connectivity index (χ0v) is 17.3. The molecule has 0 bridgehead atoms. The molecule has 1 saturated heterocycles. The quantitative estimate of drug-likeness (QED) is 0.559. The molecular formula is C20H19BrN2O3S. The summed E-state index contributed by atoms with van der Waals surface area (Å²) >= 11 is 4.91. The molecule has 0 radical (unpaired) electrons. The van der Waals surface area contributed by atoms with Gasteiger partial charge in [0.05, 0.1) is 30.0 Å². The lowest BCUT2D eigenvalue weighted by Crippen LogP contribution is -2.37. The Hall–Kier alpha value is -1.96. The fraction of sp³-hybridized carbons (Fsp3) is 0.300. The van der Waals surface area contributed by atoms with Crippen LogP contribution in [0.3, 0.4) is 0 Å². The van der Waals surface area contributed by atoms with Crippen molar-refractivity contribution in [2.45, 2.75) is 18.9 Å². The van der Waals surface area contributed by atoms with Crippen molar-refractivity contribution in [2.24, 2.45) is 0 Å². The molecule has 1 amide bonds. The van der Waals surface area contributed by atoms with Crippen LogP contribution >= 0.6 is 27.3 Å². The van der Waals surface area contributed by atoms with Gasteiger partial charge in [0.15, 0.2) is 5.13 Å². The predicted molar refractivity (Wildman–Crippen MR) is 111 cm³/mol. The van der Waals surface area contributed by atoms with Crippen LogP contribution in [0.15, 0.2) is 46.9 Å². The van der Waals surface area contributed by atoms with Crippen molar-refractivity contribution in [1.29, 1.82) is 0 Å². The molecular weight excluding hydrogens is 428 g/mol. The van der Waals surface area contributed by atoms with E-state index in [1.165, 1.54) is 11.3 Å². The molecule has 1 atom stereocenters. The van der Waals surface area contributed by atoms with Crippen molar-refractivity contribution in [1.82, 2.24) is 4.98 Å². The number of amides is 1. The molecule has 0 spiro atoms. The summed E-state index contributed by atoms with van der Waals surface area (Å²) in [7, 11) is 1.64. The van der Waals surface area contributed by atoms with Gasteiger partial charge in [0.2, 0.25) is 0 Å². The first-order chi connectivity index (χ1) is 13.1. The number of anilines is 1. The summed E-state index contributed by atoms with van der Waals surface area (Å²) in [5, 5.41) is 0.682. The van der Waals surface area contributed by atoms with E-state index < -0.39 is 0 Å². The number of rotatable bonds is 5. The molecule has 3 aromatic rings. The standard InChI is InChI=1S/C20H19BrN2O3S/c1-25-15-8-9-17-18(11-15)27-20(22-17)23(12-16-3-2-10-26-16)19(24)13-4-6-14(21)7-5-13/h4-9,11,16H,2-3,10,12H2,1H3.